The highest BCUT2D eigenvalue weighted by Crippen LogP contribution is 2.11. The van der Waals surface area contributed by atoms with Gasteiger partial charge in [-0.25, -0.2) is 8.42 Å². The summed E-state index contributed by atoms with van der Waals surface area (Å²) in [7, 11) is -3.04. The van der Waals surface area contributed by atoms with Gasteiger partial charge >= 0.3 is 0 Å². The molecule has 0 N–H and O–H groups in total. The van der Waals surface area contributed by atoms with E-state index in [4.69, 9.17) is 0 Å². The highest BCUT2D eigenvalue weighted by atomic mass is 32.2. The Hall–Kier alpha value is -1.36. The molecule has 0 radical (unpaired) electrons. The maximum atomic E-state index is 12.3. The fraction of sp³-hybridized carbons (Fsp3) is 0.533. The van der Waals surface area contributed by atoms with E-state index in [0.717, 1.165) is 19.4 Å². The Morgan fingerprint density at radius 3 is 2.20 bits per heavy atom. The van der Waals surface area contributed by atoms with Crippen molar-refractivity contribution in [2.75, 3.05) is 19.3 Å². The normalized spacial score (nSPS) is 11.3. The Balaban J connectivity index is 2.79. The first kappa shape index (κ1) is 16.7. The zero-order chi connectivity index (χ0) is 15.2. The first-order valence-electron chi connectivity index (χ1n) is 6.93. The van der Waals surface area contributed by atoms with Crippen molar-refractivity contribution in [3.05, 3.63) is 35.4 Å². The van der Waals surface area contributed by atoms with Crippen molar-refractivity contribution < 1.29 is 13.2 Å². The Bertz CT molecular complexity index is 535. The predicted octanol–water partition coefficient (Wildman–Crippen LogP) is 2.49. The van der Waals surface area contributed by atoms with Gasteiger partial charge in [0.15, 0.2) is 9.84 Å². The van der Waals surface area contributed by atoms with Crippen LogP contribution >= 0.6 is 0 Å². The van der Waals surface area contributed by atoms with Gasteiger partial charge in [0.2, 0.25) is 0 Å². The van der Waals surface area contributed by atoms with Crippen molar-refractivity contribution in [3.63, 3.8) is 0 Å². The van der Waals surface area contributed by atoms with Crippen LogP contribution in [0.4, 0.5) is 0 Å². The van der Waals surface area contributed by atoms with Gasteiger partial charge in [0.1, 0.15) is 0 Å². The van der Waals surface area contributed by atoms with E-state index in [9.17, 15) is 13.2 Å². The number of amides is 1. The van der Waals surface area contributed by atoms with Gasteiger partial charge in [0, 0.05) is 24.9 Å². The third kappa shape index (κ3) is 5.33. The average Bonchev–Trinajstić information content (AvgIpc) is 2.38. The Morgan fingerprint density at radius 1 is 1.15 bits per heavy atom. The Morgan fingerprint density at radius 2 is 1.75 bits per heavy atom. The second-order valence-corrected chi connectivity index (χ2v) is 7.15. The molecule has 1 rings (SSSR count). The molecule has 1 amide bonds. The summed E-state index contributed by atoms with van der Waals surface area (Å²) in [5, 5.41) is 0. The number of nitrogens with zero attached hydrogens (tertiary/aromatic N) is 1. The van der Waals surface area contributed by atoms with Crippen molar-refractivity contribution in [1.82, 2.24) is 4.90 Å². The van der Waals surface area contributed by atoms with E-state index < -0.39 is 9.84 Å². The number of unbranched alkanes of at least 4 members (excludes halogenated alkanes) is 1. The lowest BCUT2D eigenvalue weighted by Gasteiger charge is -2.20. The van der Waals surface area contributed by atoms with E-state index in [0.29, 0.717) is 17.7 Å². The molecule has 0 saturated heterocycles. The van der Waals surface area contributed by atoms with Crippen LogP contribution in [-0.4, -0.2) is 38.6 Å². The molecule has 0 bridgehead atoms. The molecule has 0 spiro atoms. The third-order valence-electron chi connectivity index (χ3n) is 3.08. The van der Waals surface area contributed by atoms with Crippen LogP contribution in [0.2, 0.25) is 0 Å². The van der Waals surface area contributed by atoms with E-state index in [-0.39, 0.29) is 11.7 Å². The molecule has 0 fully saturated rings. The predicted molar refractivity (Wildman–Crippen MR) is 81.5 cm³/mol. The second-order valence-electron chi connectivity index (χ2n) is 5.01. The van der Waals surface area contributed by atoms with E-state index in [2.05, 4.69) is 6.92 Å². The van der Waals surface area contributed by atoms with Gasteiger partial charge in [-0.3, -0.25) is 4.79 Å². The van der Waals surface area contributed by atoms with Gasteiger partial charge in [0.05, 0.1) is 5.75 Å². The first-order valence-corrected chi connectivity index (χ1v) is 8.99. The van der Waals surface area contributed by atoms with Gasteiger partial charge in [-0.2, -0.15) is 0 Å². The minimum Gasteiger partial charge on any atom is -0.339 e. The van der Waals surface area contributed by atoms with Crippen molar-refractivity contribution in [3.8, 4) is 0 Å². The van der Waals surface area contributed by atoms with Crippen molar-refractivity contribution in [1.29, 1.82) is 0 Å². The van der Waals surface area contributed by atoms with E-state index >= 15 is 0 Å². The summed E-state index contributed by atoms with van der Waals surface area (Å²) in [6, 6.07) is 6.83. The molecule has 1 aromatic rings. The molecule has 112 valence electrons. The fourth-order valence-corrected chi connectivity index (χ4v) is 2.78. The van der Waals surface area contributed by atoms with Crippen LogP contribution in [0.3, 0.4) is 0 Å². The first-order chi connectivity index (χ1) is 9.37. The minimum absolute atomic E-state index is 0.00635. The lowest BCUT2D eigenvalue weighted by Crippen LogP contribution is -2.31. The smallest absolute Gasteiger partial charge is 0.253 e. The average molecular weight is 297 g/mol. The van der Waals surface area contributed by atoms with Crippen LogP contribution < -0.4 is 0 Å². The second kappa shape index (κ2) is 7.43. The lowest BCUT2D eigenvalue weighted by atomic mass is 10.1. The van der Waals surface area contributed by atoms with Gasteiger partial charge in [-0.15, -0.1) is 0 Å². The van der Waals surface area contributed by atoms with Gasteiger partial charge in [0.25, 0.3) is 5.91 Å². The topological polar surface area (TPSA) is 54.5 Å². The van der Waals surface area contributed by atoms with Crippen LogP contribution in [0, 0.1) is 0 Å². The Labute approximate surface area is 121 Å². The SMILES string of the molecule is CCCCN(CC)C(=O)c1ccc(CS(C)(=O)=O)cc1. The molecule has 5 heteroatoms. The number of hydrogen-bond donors (Lipinski definition) is 0. The van der Waals surface area contributed by atoms with Crippen molar-refractivity contribution in [2.24, 2.45) is 0 Å². The summed E-state index contributed by atoms with van der Waals surface area (Å²) in [4.78, 5) is 14.1. The van der Waals surface area contributed by atoms with Crippen molar-refractivity contribution >= 4 is 15.7 Å². The molecule has 0 saturated carbocycles. The molecular weight excluding hydrogens is 274 g/mol. The van der Waals surface area contributed by atoms with E-state index in [1.54, 1.807) is 24.3 Å². The summed E-state index contributed by atoms with van der Waals surface area (Å²) in [5.41, 5.74) is 1.32. The summed E-state index contributed by atoms with van der Waals surface area (Å²) in [5.74, 6) is 0.0151. The summed E-state index contributed by atoms with van der Waals surface area (Å²) in [6.07, 6.45) is 3.25. The number of sulfone groups is 1. The molecule has 0 heterocycles. The van der Waals surface area contributed by atoms with Crippen LogP contribution in [0.25, 0.3) is 0 Å². The van der Waals surface area contributed by atoms with Gasteiger partial charge in [-0.05, 0) is 31.0 Å². The molecule has 1 aromatic carbocycles. The molecular formula is C15H23NO3S. The largest absolute Gasteiger partial charge is 0.339 e. The third-order valence-corrected chi connectivity index (χ3v) is 3.94. The minimum atomic E-state index is -3.04. The molecule has 0 aliphatic heterocycles. The fourth-order valence-electron chi connectivity index (χ4n) is 1.98. The standard InChI is InChI=1S/C15H23NO3S/c1-4-6-11-16(5-2)15(17)14-9-7-13(8-10-14)12-20(3,18)19/h7-10H,4-6,11-12H2,1-3H3. The van der Waals surface area contributed by atoms with Crippen LogP contribution in [-0.2, 0) is 15.6 Å². The highest BCUT2D eigenvalue weighted by molar-refractivity contribution is 7.89. The number of carbonyl (C=O) groups excluding carboxylic acids is 1. The monoisotopic (exact) mass is 297 g/mol. The van der Waals surface area contributed by atoms with E-state index in [1.165, 1.54) is 6.26 Å². The van der Waals surface area contributed by atoms with E-state index in [1.807, 2.05) is 11.8 Å². The van der Waals surface area contributed by atoms with Gasteiger partial charge < -0.3 is 4.90 Å². The quantitative estimate of drug-likeness (QED) is 0.777. The van der Waals surface area contributed by atoms with Crippen LogP contribution in [0.1, 0.15) is 42.6 Å². The Kier molecular flexibility index (Phi) is 6.20. The van der Waals surface area contributed by atoms with Crippen molar-refractivity contribution in [2.45, 2.75) is 32.4 Å². The zero-order valence-electron chi connectivity index (χ0n) is 12.4. The zero-order valence-corrected chi connectivity index (χ0v) is 13.2. The summed E-state index contributed by atoms with van der Waals surface area (Å²) in [6.45, 7) is 5.50. The molecule has 0 aliphatic carbocycles. The van der Waals surface area contributed by atoms with Crippen LogP contribution in [0.15, 0.2) is 24.3 Å². The molecule has 20 heavy (non-hydrogen) atoms. The van der Waals surface area contributed by atoms with Gasteiger partial charge in [-0.1, -0.05) is 25.5 Å². The number of benzene rings is 1. The maximum absolute atomic E-state index is 12.3. The van der Waals surface area contributed by atoms with Crippen LogP contribution in [0.5, 0.6) is 0 Å². The molecule has 0 atom stereocenters. The number of rotatable bonds is 7. The maximum Gasteiger partial charge on any atom is 0.253 e. The lowest BCUT2D eigenvalue weighted by molar-refractivity contribution is 0.0762. The molecule has 0 aliphatic rings. The summed E-state index contributed by atoms with van der Waals surface area (Å²) >= 11 is 0. The molecule has 4 nitrogen and oxygen atoms in total. The number of hydrogen-bond acceptors (Lipinski definition) is 3. The molecule has 0 aromatic heterocycles. The highest BCUT2D eigenvalue weighted by Gasteiger charge is 2.13. The summed E-state index contributed by atoms with van der Waals surface area (Å²) < 4.78 is 22.4. The molecule has 0 unspecified atom stereocenters. The number of carbonyl (C=O) groups is 1.